The summed E-state index contributed by atoms with van der Waals surface area (Å²) in [5, 5.41) is 6.11. The van der Waals surface area contributed by atoms with E-state index in [9.17, 15) is 0 Å². The highest BCUT2D eigenvalue weighted by atomic mass is 15.3. The molecule has 6 rings (SSSR count). The molecule has 0 unspecified atom stereocenters. The van der Waals surface area contributed by atoms with Gasteiger partial charge in [-0.15, -0.1) is 0 Å². The topological polar surface area (TPSA) is 38.4 Å². The van der Waals surface area contributed by atoms with Gasteiger partial charge >= 0.3 is 0 Å². The molecule has 1 saturated heterocycles. The fourth-order valence-corrected chi connectivity index (χ4v) is 5.20. The van der Waals surface area contributed by atoms with Crippen molar-refractivity contribution in [3.63, 3.8) is 0 Å². The van der Waals surface area contributed by atoms with E-state index in [1.54, 1.807) is 0 Å². The number of fused-ring (bicyclic) bond motifs is 2. The summed E-state index contributed by atoms with van der Waals surface area (Å²) in [5.74, 6) is 0.857. The first-order valence-electron chi connectivity index (χ1n) is 12.4. The van der Waals surface area contributed by atoms with Crippen molar-refractivity contribution in [2.45, 2.75) is 32.1 Å². The Morgan fingerprint density at radius 1 is 0.882 bits per heavy atom. The summed E-state index contributed by atoms with van der Waals surface area (Å²) >= 11 is 0. The number of aryl methyl sites for hydroxylation is 2. The lowest BCUT2D eigenvalue weighted by atomic mass is 10.1. The fourth-order valence-electron chi connectivity index (χ4n) is 5.20. The molecule has 2 aromatic carbocycles. The lowest BCUT2D eigenvalue weighted by Crippen LogP contribution is -2.20. The van der Waals surface area contributed by atoms with Crippen LogP contribution in [0.15, 0.2) is 72.9 Å². The molecule has 5 aromatic rings. The van der Waals surface area contributed by atoms with E-state index < -0.39 is 0 Å². The zero-order valence-electron chi connectivity index (χ0n) is 19.8. The first-order valence-corrected chi connectivity index (χ1v) is 12.4. The number of benzene rings is 2. The molecule has 172 valence electrons. The van der Waals surface area contributed by atoms with E-state index >= 15 is 0 Å². The second-order valence-electron chi connectivity index (χ2n) is 9.55. The van der Waals surface area contributed by atoms with E-state index in [1.807, 2.05) is 10.6 Å². The maximum Gasteiger partial charge on any atom is 0.156 e. The molecule has 0 N–H and O–H groups in total. The molecule has 5 heteroatoms. The molecule has 0 bridgehead atoms. The molecule has 0 atom stereocenters. The van der Waals surface area contributed by atoms with E-state index in [-0.39, 0.29) is 0 Å². The maximum atomic E-state index is 4.88. The zero-order chi connectivity index (χ0) is 22.9. The summed E-state index contributed by atoms with van der Waals surface area (Å²) in [6, 6.07) is 24.0. The molecule has 1 fully saturated rings. The second-order valence-corrected chi connectivity index (χ2v) is 9.55. The van der Waals surface area contributed by atoms with Crippen molar-refractivity contribution in [1.82, 2.24) is 24.1 Å². The Morgan fingerprint density at radius 3 is 2.56 bits per heavy atom. The van der Waals surface area contributed by atoms with Crippen LogP contribution in [0.4, 0.5) is 0 Å². The molecule has 0 aliphatic carbocycles. The summed E-state index contributed by atoms with van der Waals surface area (Å²) in [7, 11) is 2.08. The Balaban J connectivity index is 1.18. The maximum absolute atomic E-state index is 4.88. The van der Waals surface area contributed by atoms with Gasteiger partial charge in [-0.3, -0.25) is 0 Å². The van der Waals surface area contributed by atoms with Gasteiger partial charge in [-0.05, 0) is 86.8 Å². The van der Waals surface area contributed by atoms with Crippen LogP contribution in [0.3, 0.4) is 0 Å². The third-order valence-corrected chi connectivity index (χ3v) is 7.11. The third kappa shape index (κ3) is 4.24. The van der Waals surface area contributed by atoms with Crippen molar-refractivity contribution in [2.24, 2.45) is 7.05 Å². The largest absolute Gasteiger partial charge is 0.351 e. The normalized spacial score (nSPS) is 14.5. The van der Waals surface area contributed by atoms with Gasteiger partial charge in [0.05, 0.1) is 5.69 Å². The summed E-state index contributed by atoms with van der Waals surface area (Å²) in [6.45, 7) is 3.80. The SMILES string of the molecule is Cn1ccc2cc(-c3cccc4nc(Cc5ccc(CCCN6CCCC6)cc5)nn34)ccc21. The van der Waals surface area contributed by atoms with Crippen molar-refractivity contribution in [3.8, 4) is 11.3 Å². The van der Waals surface area contributed by atoms with E-state index in [4.69, 9.17) is 10.1 Å². The molecule has 0 amide bonds. The van der Waals surface area contributed by atoms with Crippen molar-refractivity contribution in [3.05, 3.63) is 89.9 Å². The number of hydrogen-bond donors (Lipinski definition) is 0. The van der Waals surface area contributed by atoms with Gasteiger partial charge in [-0.1, -0.05) is 36.4 Å². The van der Waals surface area contributed by atoms with Crippen LogP contribution in [0, 0.1) is 0 Å². The number of nitrogens with zero attached hydrogens (tertiary/aromatic N) is 5. The molecule has 1 aliphatic heterocycles. The smallest absolute Gasteiger partial charge is 0.156 e. The second kappa shape index (κ2) is 9.07. The van der Waals surface area contributed by atoms with Crippen LogP contribution in [0.1, 0.15) is 36.2 Å². The average molecular weight is 450 g/mol. The lowest BCUT2D eigenvalue weighted by molar-refractivity contribution is 0.334. The summed E-state index contributed by atoms with van der Waals surface area (Å²) in [4.78, 5) is 7.41. The minimum Gasteiger partial charge on any atom is -0.351 e. The first kappa shape index (κ1) is 21.1. The van der Waals surface area contributed by atoms with E-state index in [1.165, 1.54) is 60.9 Å². The van der Waals surface area contributed by atoms with Crippen LogP contribution >= 0.6 is 0 Å². The Bertz CT molecular complexity index is 1420. The van der Waals surface area contributed by atoms with Gasteiger partial charge in [0.25, 0.3) is 0 Å². The molecular weight excluding hydrogens is 418 g/mol. The molecule has 4 heterocycles. The lowest BCUT2D eigenvalue weighted by Gasteiger charge is -2.13. The Labute approximate surface area is 200 Å². The average Bonchev–Trinajstić information content (AvgIpc) is 3.60. The van der Waals surface area contributed by atoms with Crippen molar-refractivity contribution < 1.29 is 0 Å². The van der Waals surface area contributed by atoms with E-state index in [0.29, 0.717) is 0 Å². The minimum atomic E-state index is 0.743. The zero-order valence-corrected chi connectivity index (χ0v) is 19.8. The highest BCUT2D eigenvalue weighted by Gasteiger charge is 2.12. The van der Waals surface area contributed by atoms with E-state index in [2.05, 4.69) is 83.4 Å². The quantitative estimate of drug-likeness (QED) is 0.329. The Kier molecular flexibility index (Phi) is 5.63. The summed E-state index contributed by atoms with van der Waals surface area (Å²) in [5.41, 5.74) is 7.01. The first-order chi connectivity index (χ1) is 16.7. The number of pyridine rings is 1. The van der Waals surface area contributed by atoms with Gasteiger partial charge in [-0.2, -0.15) is 5.10 Å². The number of hydrogen-bond acceptors (Lipinski definition) is 3. The third-order valence-electron chi connectivity index (χ3n) is 7.11. The van der Waals surface area contributed by atoms with Gasteiger partial charge in [0, 0.05) is 36.1 Å². The molecule has 0 spiro atoms. The van der Waals surface area contributed by atoms with Gasteiger partial charge in [0.15, 0.2) is 11.5 Å². The molecule has 1 aliphatic rings. The predicted octanol–water partition coefficient (Wildman–Crippen LogP) is 5.51. The molecule has 3 aromatic heterocycles. The van der Waals surface area contributed by atoms with Crippen LogP contribution in [0.25, 0.3) is 27.8 Å². The Morgan fingerprint density at radius 2 is 1.71 bits per heavy atom. The van der Waals surface area contributed by atoms with Gasteiger partial charge < -0.3 is 9.47 Å². The van der Waals surface area contributed by atoms with Crippen LogP contribution < -0.4 is 0 Å². The van der Waals surface area contributed by atoms with Crippen molar-refractivity contribution in [2.75, 3.05) is 19.6 Å². The van der Waals surface area contributed by atoms with Crippen LogP contribution in [-0.2, 0) is 19.9 Å². The molecule has 0 saturated carbocycles. The minimum absolute atomic E-state index is 0.743. The van der Waals surface area contributed by atoms with Gasteiger partial charge in [0.1, 0.15) is 0 Å². The predicted molar refractivity (Wildman–Crippen MR) is 138 cm³/mol. The molecule has 5 nitrogen and oxygen atoms in total. The monoisotopic (exact) mass is 449 g/mol. The molecular formula is C29H31N5. The summed E-state index contributed by atoms with van der Waals surface area (Å²) in [6.07, 6.45) is 7.98. The van der Waals surface area contributed by atoms with Crippen LogP contribution in [0.2, 0.25) is 0 Å². The molecule has 0 radical (unpaired) electrons. The number of rotatable bonds is 7. The highest BCUT2D eigenvalue weighted by molar-refractivity contribution is 5.85. The fraction of sp³-hybridized carbons (Fsp3) is 0.310. The number of aromatic nitrogens is 4. The van der Waals surface area contributed by atoms with Gasteiger partial charge in [-0.25, -0.2) is 9.50 Å². The summed E-state index contributed by atoms with van der Waals surface area (Å²) < 4.78 is 4.12. The highest BCUT2D eigenvalue weighted by Crippen LogP contribution is 2.25. The van der Waals surface area contributed by atoms with Crippen LogP contribution in [0.5, 0.6) is 0 Å². The van der Waals surface area contributed by atoms with Crippen molar-refractivity contribution >= 4 is 16.6 Å². The van der Waals surface area contributed by atoms with Crippen LogP contribution in [-0.4, -0.2) is 43.7 Å². The number of likely N-dealkylation sites (tertiary alicyclic amines) is 1. The van der Waals surface area contributed by atoms with Gasteiger partial charge in [0.2, 0.25) is 0 Å². The van der Waals surface area contributed by atoms with Crippen molar-refractivity contribution in [1.29, 1.82) is 0 Å². The molecule has 34 heavy (non-hydrogen) atoms. The standard InChI is InChI=1S/C29H31N5/c1-32-19-15-25-21-24(13-14-26(25)32)27-7-4-8-29-30-28(31-34(27)29)20-23-11-9-22(10-12-23)6-5-18-33-16-2-3-17-33/h4,7-15,19,21H,2-3,5-6,16-18,20H2,1H3. The van der Waals surface area contributed by atoms with E-state index in [0.717, 1.165) is 35.6 Å². The Hall–Kier alpha value is -3.44.